The van der Waals surface area contributed by atoms with Gasteiger partial charge < -0.3 is 10.6 Å². The third kappa shape index (κ3) is 4.23. The summed E-state index contributed by atoms with van der Waals surface area (Å²) in [4.78, 5) is 17.3. The van der Waals surface area contributed by atoms with Gasteiger partial charge in [0.25, 0.3) is 10.0 Å². The molecule has 2 rings (SSSR count). The summed E-state index contributed by atoms with van der Waals surface area (Å²) < 4.78 is 27.5. The van der Waals surface area contributed by atoms with Crippen LogP contribution in [0.25, 0.3) is 0 Å². The monoisotopic (exact) mass is 388 g/mol. The second-order valence-electron chi connectivity index (χ2n) is 5.14. The summed E-state index contributed by atoms with van der Waals surface area (Å²) in [6.07, 6.45) is 0.108. The zero-order valence-corrected chi connectivity index (χ0v) is 15.5. The number of carbonyl (C=O) groups excluding carboxylic acids is 1. The third-order valence-electron chi connectivity index (χ3n) is 3.17. The van der Waals surface area contributed by atoms with Crippen LogP contribution >= 0.6 is 22.9 Å². The summed E-state index contributed by atoms with van der Waals surface area (Å²) in [6.45, 7) is -0.00360. The van der Waals surface area contributed by atoms with E-state index in [-0.39, 0.29) is 33.9 Å². The van der Waals surface area contributed by atoms with Gasteiger partial charge in [0.2, 0.25) is 5.91 Å². The van der Waals surface area contributed by atoms with E-state index < -0.39 is 10.0 Å². The van der Waals surface area contributed by atoms with E-state index >= 15 is 0 Å². The smallest absolute Gasteiger partial charge is 0.264 e. The maximum absolute atomic E-state index is 12.5. The molecule has 1 amide bonds. The van der Waals surface area contributed by atoms with Crippen molar-refractivity contribution >= 4 is 44.0 Å². The summed E-state index contributed by atoms with van der Waals surface area (Å²) in [6, 6.07) is 4.55. The Morgan fingerprint density at radius 1 is 1.42 bits per heavy atom. The van der Waals surface area contributed by atoms with Crippen molar-refractivity contribution in [2.75, 3.05) is 18.8 Å². The van der Waals surface area contributed by atoms with Crippen molar-refractivity contribution in [1.29, 1.82) is 0 Å². The van der Waals surface area contributed by atoms with Crippen molar-refractivity contribution in [3.8, 4) is 0 Å². The first-order valence-electron chi connectivity index (χ1n) is 6.89. The summed E-state index contributed by atoms with van der Waals surface area (Å²) in [5.74, 6) is -0.116. The number of benzene rings is 1. The Morgan fingerprint density at radius 2 is 2.12 bits per heavy atom. The summed E-state index contributed by atoms with van der Waals surface area (Å²) in [5.41, 5.74) is 6.44. The van der Waals surface area contributed by atoms with Gasteiger partial charge in [0.15, 0.2) is 5.13 Å². The average molecular weight is 389 g/mol. The maximum atomic E-state index is 12.5. The minimum absolute atomic E-state index is 0.00360. The number of nitrogens with two attached hydrogens (primary N) is 1. The highest BCUT2D eigenvalue weighted by Crippen LogP contribution is 2.26. The second-order valence-corrected chi connectivity index (χ2v) is 8.05. The summed E-state index contributed by atoms with van der Waals surface area (Å²) in [5, 5.41) is 2.11. The number of amides is 1. The molecule has 0 spiro atoms. The van der Waals surface area contributed by atoms with E-state index in [0.29, 0.717) is 11.3 Å². The fourth-order valence-corrected chi connectivity index (χ4v) is 4.45. The molecule has 0 saturated carbocycles. The molecule has 2 aromatic rings. The van der Waals surface area contributed by atoms with Crippen LogP contribution in [0, 0.1) is 0 Å². The Labute approximate surface area is 149 Å². The van der Waals surface area contributed by atoms with Gasteiger partial charge in [-0.3, -0.25) is 9.52 Å². The van der Waals surface area contributed by atoms with Crippen molar-refractivity contribution in [2.24, 2.45) is 5.73 Å². The Bertz CT molecular complexity index is 849. The molecule has 0 radical (unpaired) electrons. The van der Waals surface area contributed by atoms with Gasteiger partial charge in [-0.25, -0.2) is 13.4 Å². The number of halogens is 1. The van der Waals surface area contributed by atoms with Crippen LogP contribution < -0.4 is 10.5 Å². The maximum Gasteiger partial charge on any atom is 0.264 e. The Hall–Kier alpha value is -1.68. The fraction of sp³-hybridized carbons (Fsp3) is 0.286. The number of hydrogen-bond donors (Lipinski definition) is 2. The van der Waals surface area contributed by atoms with E-state index in [4.69, 9.17) is 17.3 Å². The topological polar surface area (TPSA) is 105 Å². The van der Waals surface area contributed by atoms with Crippen molar-refractivity contribution in [3.05, 3.63) is 39.9 Å². The quantitative estimate of drug-likeness (QED) is 0.783. The minimum Gasteiger partial charge on any atom is -0.348 e. The Kier molecular flexibility index (Phi) is 5.81. The molecule has 1 aromatic carbocycles. The zero-order chi connectivity index (χ0) is 17.9. The van der Waals surface area contributed by atoms with Crippen molar-refractivity contribution < 1.29 is 13.2 Å². The number of rotatable bonds is 6. The molecular weight excluding hydrogens is 372 g/mol. The number of aromatic nitrogens is 1. The SMILES string of the molecule is CN(C)C(=O)Cc1csc(NS(=O)(=O)c2cccc(Cl)c2CN)n1. The van der Waals surface area contributed by atoms with Crippen molar-refractivity contribution in [3.63, 3.8) is 0 Å². The second kappa shape index (κ2) is 7.47. The molecule has 130 valence electrons. The van der Waals surface area contributed by atoms with Gasteiger partial charge in [0.1, 0.15) is 0 Å². The molecule has 0 fully saturated rings. The lowest BCUT2D eigenvalue weighted by Gasteiger charge is -2.11. The van der Waals surface area contributed by atoms with Crippen LogP contribution in [0.3, 0.4) is 0 Å². The van der Waals surface area contributed by atoms with Crippen molar-refractivity contribution in [1.82, 2.24) is 9.88 Å². The van der Waals surface area contributed by atoms with E-state index in [0.717, 1.165) is 11.3 Å². The van der Waals surface area contributed by atoms with Gasteiger partial charge in [-0.15, -0.1) is 11.3 Å². The van der Waals surface area contributed by atoms with Gasteiger partial charge in [0.05, 0.1) is 17.0 Å². The Morgan fingerprint density at radius 3 is 2.75 bits per heavy atom. The van der Waals surface area contributed by atoms with Crippen LogP contribution in [0.2, 0.25) is 5.02 Å². The van der Waals surface area contributed by atoms with Crippen LogP contribution in [0.5, 0.6) is 0 Å². The number of nitrogens with one attached hydrogen (secondary N) is 1. The molecule has 0 atom stereocenters. The molecule has 0 saturated heterocycles. The molecule has 10 heteroatoms. The average Bonchev–Trinajstić information content (AvgIpc) is 2.93. The van der Waals surface area contributed by atoms with Crippen molar-refractivity contribution in [2.45, 2.75) is 17.9 Å². The molecule has 3 N–H and O–H groups in total. The van der Waals surface area contributed by atoms with Crippen LogP contribution in [0.4, 0.5) is 5.13 Å². The highest BCUT2D eigenvalue weighted by molar-refractivity contribution is 7.93. The van der Waals surface area contributed by atoms with Gasteiger partial charge in [-0.05, 0) is 12.1 Å². The lowest BCUT2D eigenvalue weighted by atomic mass is 10.2. The number of nitrogens with zero attached hydrogens (tertiary/aromatic N) is 2. The lowest BCUT2D eigenvalue weighted by Crippen LogP contribution is -2.23. The molecule has 1 aromatic heterocycles. The standard InChI is InChI=1S/C14H17ClN4O3S2/c1-19(2)13(20)6-9-8-23-14(17-9)18-24(21,22)12-5-3-4-11(15)10(12)7-16/h3-5,8H,6-7,16H2,1-2H3,(H,17,18). The highest BCUT2D eigenvalue weighted by atomic mass is 35.5. The fourth-order valence-electron chi connectivity index (χ4n) is 1.91. The minimum atomic E-state index is -3.87. The van der Waals surface area contributed by atoms with E-state index in [1.165, 1.54) is 11.0 Å². The zero-order valence-electron chi connectivity index (χ0n) is 13.1. The molecule has 0 aliphatic heterocycles. The molecular formula is C14H17ClN4O3S2. The molecule has 0 aliphatic carbocycles. The third-order valence-corrected chi connectivity index (χ3v) is 5.89. The van der Waals surface area contributed by atoms with Gasteiger partial charge in [0, 0.05) is 36.6 Å². The van der Waals surface area contributed by atoms with Crippen LogP contribution in [0.1, 0.15) is 11.3 Å². The molecule has 1 heterocycles. The largest absolute Gasteiger partial charge is 0.348 e. The number of sulfonamides is 1. The first-order valence-corrected chi connectivity index (χ1v) is 9.63. The summed E-state index contributed by atoms with van der Waals surface area (Å²) in [7, 11) is -0.583. The van der Waals surface area contributed by atoms with Gasteiger partial charge in [-0.2, -0.15) is 0 Å². The number of carbonyl (C=O) groups is 1. The lowest BCUT2D eigenvalue weighted by molar-refractivity contribution is -0.128. The molecule has 0 unspecified atom stereocenters. The molecule has 24 heavy (non-hydrogen) atoms. The van der Waals surface area contributed by atoms with E-state index in [2.05, 4.69) is 9.71 Å². The normalized spacial score (nSPS) is 11.3. The molecule has 7 nitrogen and oxygen atoms in total. The number of likely N-dealkylation sites (N-methyl/N-ethyl adjacent to an activating group) is 1. The van der Waals surface area contributed by atoms with Crippen LogP contribution in [-0.2, 0) is 27.8 Å². The predicted molar refractivity (Wildman–Crippen MR) is 94.7 cm³/mol. The molecule has 0 bridgehead atoms. The predicted octanol–water partition coefficient (Wildman–Crippen LogP) is 1.69. The van der Waals surface area contributed by atoms with Crippen LogP contribution in [-0.4, -0.2) is 38.3 Å². The first-order chi connectivity index (χ1) is 11.2. The number of hydrogen-bond acceptors (Lipinski definition) is 6. The molecule has 0 aliphatic rings. The Balaban J connectivity index is 2.23. The first kappa shape index (κ1) is 18.7. The number of anilines is 1. The summed E-state index contributed by atoms with van der Waals surface area (Å²) >= 11 is 7.11. The van der Waals surface area contributed by atoms with Gasteiger partial charge >= 0.3 is 0 Å². The van der Waals surface area contributed by atoms with Crippen LogP contribution in [0.15, 0.2) is 28.5 Å². The van der Waals surface area contributed by atoms with E-state index in [1.807, 2.05) is 0 Å². The van der Waals surface area contributed by atoms with Gasteiger partial charge in [-0.1, -0.05) is 17.7 Å². The van der Waals surface area contributed by atoms with E-state index in [1.54, 1.807) is 31.6 Å². The highest BCUT2D eigenvalue weighted by Gasteiger charge is 2.21. The van der Waals surface area contributed by atoms with E-state index in [9.17, 15) is 13.2 Å². The number of thiazole rings is 1.